The van der Waals surface area contributed by atoms with Gasteiger partial charge in [-0.25, -0.2) is 14.6 Å². The van der Waals surface area contributed by atoms with E-state index in [1.807, 2.05) is 0 Å². The molecule has 0 saturated carbocycles. The molecular formula is C19H15ClN2O5. The predicted octanol–water partition coefficient (Wildman–Crippen LogP) is 3.06. The van der Waals surface area contributed by atoms with Crippen molar-refractivity contribution >= 4 is 34.6 Å². The number of nitrogens with zero attached hydrogens (tertiary/aromatic N) is 2. The molecular weight excluding hydrogens is 372 g/mol. The third kappa shape index (κ3) is 3.83. The summed E-state index contributed by atoms with van der Waals surface area (Å²) in [6.45, 7) is 1.33. The fourth-order valence-corrected chi connectivity index (χ4v) is 2.72. The Morgan fingerprint density at radius 1 is 1.07 bits per heavy atom. The minimum atomic E-state index is -0.838. The number of fused-ring (bicyclic) bond motifs is 1. The number of esters is 2. The van der Waals surface area contributed by atoms with Crippen molar-refractivity contribution in [3.05, 3.63) is 75.7 Å². The molecule has 8 heteroatoms. The molecule has 0 fully saturated rings. The molecule has 3 rings (SSSR count). The van der Waals surface area contributed by atoms with E-state index in [9.17, 15) is 14.8 Å². The van der Waals surface area contributed by atoms with Crippen LogP contribution in [0.15, 0.2) is 48.5 Å². The maximum atomic E-state index is 12.6. The van der Waals surface area contributed by atoms with Gasteiger partial charge in [-0.1, -0.05) is 35.9 Å². The van der Waals surface area contributed by atoms with Gasteiger partial charge in [-0.15, -0.1) is 0 Å². The summed E-state index contributed by atoms with van der Waals surface area (Å²) >= 11 is 5.98. The molecule has 0 aliphatic rings. The van der Waals surface area contributed by atoms with Crippen LogP contribution in [0, 0.1) is 5.21 Å². The van der Waals surface area contributed by atoms with Gasteiger partial charge in [-0.05, 0) is 25.1 Å². The molecule has 27 heavy (non-hydrogen) atoms. The lowest BCUT2D eigenvalue weighted by Crippen LogP contribution is -2.39. The Morgan fingerprint density at radius 3 is 2.52 bits per heavy atom. The normalized spacial score (nSPS) is 10.6. The van der Waals surface area contributed by atoms with Gasteiger partial charge in [0.05, 0.1) is 17.2 Å². The molecule has 0 aliphatic heterocycles. The Bertz CT molecular complexity index is 1020. The summed E-state index contributed by atoms with van der Waals surface area (Å²) in [5, 5.41) is 12.9. The van der Waals surface area contributed by atoms with Crippen LogP contribution in [-0.2, 0) is 16.1 Å². The number of hydrogen-bond acceptors (Lipinski definition) is 6. The summed E-state index contributed by atoms with van der Waals surface area (Å²) in [4.78, 5) is 28.8. The minimum Gasteiger partial charge on any atom is -0.618 e. The van der Waals surface area contributed by atoms with E-state index in [0.717, 1.165) is 0 Å². The topological polar surface area (TPSA) is 92.4 Å². The van der Waals surface area contributed by atoms with Gasteiger partial charge in [0.2, 0.25) is 5.52 Å². The first-order valence-corrected chi connectivity index (χ1v) is 8.50. The lowest BCUT2D eigenvalue weighted by molar-refractivity contribution is -0.581. The average Bonchev–Trinajstić information content (AvgIpc) is 2.66. The van der Waals surface area contributed by atoms with Crippen molar-refractivity contribution in [1.29, 1.82) is 0 Å². The zero-order valence-electron chi connectivity index (χ0n) is 14.3. The van der Waals surface area contributed by atoms with Gasteiger partial charge in [0, 0.05) is 6.07 Å². The van der Waals surface area contributed by atoms with Crippen LogP contribution >= 0.6 is 11.6 Å². The molecule has 138 valence electrons. The summed E-state index contributed by atoms with van der Waals surface area (Å²) in [6, 6.07) is 12.9. The second-order valence-electron chi connectivity index (χ2n) is 5.47. The van der Waals surface area contributed by atoms with E-state index in [1.54, 1.807) is 43.3 Å². The van der Waals surface area contributed by atoms with E-state index in [1.165, 1.54) is 12.1 Å². The van der Waals surface area contributed by atoms with E-state index >= 15 is 0 Å². The van der Waals surface area contributed by atoms with Crippen molar-refractivity contribution in [3.63, 3.8) is 0 Å². The number of benzene rings is 2. The minimum absolute atomic E-state index is 0.00236. The molecule has 0 N–H and O–H groups in total. The Labute approximate surface area is 159 Å². The summed E-state index contributed by atoms with van der Waals surface area (Å²) < 4.78 is 10.6. The standard InChI is InChI=1S/C19H15ClN2O5/c1-2-26-19(24)17-15(21-14-9-5-6-10-16(14)22(17)25)11-27-18(23)12-7-3-4-8-13(12)20/h3-10H,2,11H2,1H3. The van der Waals surface area contributed by atoms with Crippen LogP contribution in [0.25, 0.3) is 11.0 Å². The monoisotopic (exact) mass is 386 g/mol. The summed E-state index contributed by atoms with van der Waals surface area (Å²) in [5.41, 5.74) is 0.434. The smallest absolute Gasteiger partial charge is 0.407 e. The highest BCUT2D eigenvalue weighted by molar-refractivity contribution is 6.33. The van der Waals surface area contributed by atoms with Crippen LogP contribution in [-0.4, -0.2) is 23.5 Å². The lowest BCUT2D eigenvalue weighted by Gasteiger charge is -2.11. The number of aromatic nitrogens is 2. The fraction of sp³-hybridized carbons (Fsp3) is 0.158. The van der Waals surface area contributed by atoms with E-state index in [0.29, 0.717) is 10.2 Å². The Balaban J connectivity index is 1.97. The molecule has 0 radical (unpaired) electrons. The largest absolute Gasteiger partial charge is 0.618 e. The summed E-state index contributed by atoms with van der Waals surface area (Å²) in [5.74, 6) is -1.53. The van der Waals surface area contributed by atoms with Crippen molar-refractivity contribution in [2.24, 2.45) is 0 Å². The van der Waals surface area contributed by atoms with Gasteiger partial charge >= 0.3 is 17.6 Å². The van der Waals surface area contributed by atoms with Crippen LogP contribution in [0.5, 0.6) is 0 Å². The van der Waals surface area contributed by atoms with Crippen LogP contribution in [0.4, 0.5) is 0 Å². The first-order chi connectivity index (χ1) is 13.0. The first kappa shape index (κ1) is 18.6. The molecule has 7 nitrogen and oxygen atoms in total. The van der Waals surface area contributed by atoms with Crippen molar-refractivity contribution in [2.45, 2.75) is 13.5 Å². The first-order valence-electron chi connectivity index (χ1n) is 8.13. The Hall–Kier alpha value is -3.19. The number of halogens is 1. The molecule has 2 aromatic carbocycles. The van der Waals surface area contributed by atoms with E-state index in [2.05, 4.69) is 4.98 Å². The predicted molar refractivity (Wildman–Crippen MR) is 97.2 cm³/mol. The van der Waals surface area contributed by atoms with Crippen LogP contribution in [0.2, 0.25) is 5.02 Å². The molecule has 0 spiro atoms. The van der Waals surface area contributed by atoms with E-state index in [-0.39, 0.29) is 40.7 Å². The van der Waals surface area contributed by atoms with Gasteiger partial charge < -0.3 is 14.7 Å². The van der Waals surface area contributed by atoms with Crippen LogP contribution < -0.4 is 4.73 Å². The second kappa shape index (κ2) is 8.01. The second-order valence-corrected chi connectivity index (χ2v) is 5.87. The van der Waals surface area contributed by atoms with Crippen LogP contribution in [0.1, 0.15) is 33.5 Å². The van der Waals surface area contributed by atoms with Gasteiger partial charge in [0.1, 0.15) is 12.1 Å². The zero-order chi connectivity index (χ0) is 19.4. The lowest BCUT2D eigenvalue weighted by atomic mass is 10.2. The summed E-state index contributed by atoms with van der Waals surface area (Å²) in [7, 11) is 0. The van der Waals surface area contributed by atoms with Gasteiger partial charge in [0.25, 0.3) is 0 Å². The van der Waals surface area contributed by atoms with Gasteiger partial charge in [-0.3, -0.25) is 0 Å². The third-order valence-electron chi connectivity index (χ3n) is 3.73. The summed E-state index contributed by atoms with van der Waals surface area (Å²) in [6.07, 6.45) is 0. The number of carbonyl (C=O) groups is 2. The highest BCUT2D eigenvalue weighted by Crippen LogP contribution is 2.18. The zero-order valence-corrected chi connectivity index (χ0v) is 15.1. The number of carbonyl (C=O) groups excluding carboxylic acids is 2. The number of rotatable bonds is 5. The maximum Gasteiger partial charge on any atom is 0.407 e. The molecule has 1 heterocycles. The van der Waals surface area contributed by atoms with Crippen molar-refractivity contribution < 1.29 is 23.8 Å². The number of para-hydroxylation sites is 2. The molecule has 0 saturated heterocycles. The molecule has 0 amide bonds. The highest BCUT2D eigenvalue weighted by atomic mass is 35.5. The SMILES string of the molecule is CCOC(=O)c1c(COC(=O)c2ccccc2Cl)nc2ccccc2[n+]1[O-]. The van der Waals surface area contributed by atoms with Gasteiger partial charge in [-0.2, -0.15) is 4.73 Å². The van der Waals surface area contributed by atoms with E-state index < -0.39 is 11.9 Å². The van der Waals surface area contributed by atoms with Crippen molar-refractivity contribution in [3.8, 4) is 0 Å². The number of hydrogen-bond donors (Lipinski definition) is 0. The van der Waals surface area contributed by atoms with Gasteiger partial charge in [0.15, 0.2) is 5.69 Å². The van der Waals surface area contributed by atoms with Crippen LogP contribution in [0.3, 0.4) is 0 Å². The third-order valence-corrected chi connectivity index (χ3v) is 4.06. The Kier molecular flexibility index (Phi) is 5.52. The fourth-order valence-electron chi connectivity index (χ4n) is 2.51. The Morgan fingerprint density at radius 2 is 1.78 bits per heavy atom. The molecule has 0 aliphatic carbocycles. The highest BCUT2D eigenvalue weighted by Gasteiger charge is 2.28. The van der Waals surface area contributed by atoms with E-state index in [4.69, 9.17) is 21.1 Å². The maximum absolute atomic E-state index is 12.6. The number of ether oxygens (including phenoxy) is 2. The molecule has 0 unspecified atom stereocenters. The van der Waals surface area contributed by atoms with Crippen molar-refractivity contribution in [1.82, 2.24) is 4.98 Å². The average molecular weight is 387 g/mol. The molecule has 1 aromatic heterocycles. The quantitative estimate of drug-likeness (QED) is 0.380. The molecule has 3 aromatic rings. The molecule has 0 atom stereocenters. The van der Waals surface area contributed by atoms with Crippen molar-refractivity contribution in [2.75, 3.05) is 6.61 Å². The molecule has 0 bridgehead atoms.